The molecule has 0 aliphatic rings. The van der Waals surface area contributed by atoms with E-state index in [2.05, 4.69) is 31.1 Å². The number of carbonyl (C=O) groups is 1. The normalized spacial score (nSPS) is 12.8. The van der Waals surface area contributed by atoms with Gasteiger partial charge in [0.1, 0.15) is 17.1 Å². The van der Waals surface area contributed by atoms with Crippen molar-refractivity contribution < 1.29 is 13.9 Å². The van der Waals surface area contributed by atoms with Crippen LogP contribution in [0, 0.1) is 5.82 Å². The number of hydrogen-bond donors (Lipinski definition) is 1. The standard InChI is InChI=1S/C20H21FN2O2S/c1-12(25-14-10-8-13(9-11-14)20(2,3)4)18(24)23-19-22-17-15(21)6-5-7-16(17)26-19/h5-12H,1-4H3,(H,22,23,24)/t12-/m1/s1. The van der Waals surface area contributed by atoms with Crippen LogP contribution in [0.4, 0.5) is 9.52 Å². The molecule has 136 valence electrons. The number of anilines is 1. The zero-order valence-corrected chi connectivity index (χ0v) is 16.0. The van der Waals surface area contributed by atoms with Crippen LogP contribution in [0.1, 0.15) is 33.3 Å². The summed E-state index contributed by atoms with van der Waals surface area (Å²) < 4.78 is 20.1. The molecule has 2 aromatic carbocycles. The summed E-state index contributed by atoms with van der Waals surface area (Å²) in [5, 5.41) is 3.05. The van der Waals surface area contributed by atoms with E-state index in [0.29, 0.717) is 15.6 Å². The van der Waals surface area contributed by atoms with Crippen LogP contribution in [0.3, 0.4) is 0 Å². The highest BCUT2D eigenvalue weighted by molar-refractivity contribution is 7.22. The Labute approximate surface area is 156 Å². The molecule has 6 heteroatoms. The van der Waals surface area contributed by atoms with Gasteiger partial charge in [-0.05, 0) is 42.2 Å². The SMILES string of the molecule is C[C@@H](Oc1ccc(C(C)(C)C)cc1)C(=O)Nc1nc2c(F)cccc2s1. The van der Waals surface area contributed by atoms with Crippen LogP contribution >= 0.6 is 11.3 Å². The summed E-state index contributed by atoms with van der Waals surface area (Å²) in [4.78, 5) is 16.5. The minimum absolute atomic E-state index is 0.0592. The number of benzene rings is 2. The van der Waals surface area contributed by atoms with Crippen LogP contribution in [-0.4, -0.2) is 17.0 Å². The molecule has 0 aliphatic carbocycles. The molecular weight excluding hydrogens is 351 g/mol. The van der Waals surface area contributed by atoms with Gasteiger partial charge in [-0.15, -0.1) is 0 Å². The maximum atomic E-state index is 13.7. The number of halogens is 1. The molecule has 3 aromatic rings. The monoisotopic (exact) mass is 372 g/mol. The molecule has 0 fully saturated rings. The van der Waals surface area contributed by atoms with Crippen molar-refractivity contribution in [3.05, 3.63) is 53.8 Å². The summed E-state index contributed by atoms with van der Waals surface area (Å²) in [5.41, 5.74) is 1.52. The van der Waals surface area contributed by atoms with Crippen molar-refractivity contribution in [2.24, 2.45) is 0 Å². The number of hydrogen-bond acceptors (Lipinski definition) is 4. The number of nitrogens with zero attached hydrogens (tertiary/aromatic N) is 1. The van der Waals surface area contributed by atoms with E-state index in [0.717, 1.165) is 0 Å². The lowest BCUT2D eigenvalue weighted by atomic mass is 9.87. The smallest absolute Gasteiger partial charge is 0.266 e. The van der Waals surface area contributed by atoms with Crippen molar-refractivity contribution in [2.75, 3.05) is 5.32 Å². The van der Waals surface area contributed by atoms with Crippen molar-refractivity contribution >= 4 is 32.6 Å². The van der Waals surface area contributed by atoms with E-state index in [1.165, 1.54) is 23.0 Å². The zero-order chi connectivity index (χ0) is 18.9. The fourth-order valence-electron chi connectivity index (χ4n) is 2.47. The van der Waals surface area contributed by atoms with E-state index in [1.807, 2.05) is 24.3 Å². The highest BCUT2D eigenvalue weighted by Crippen LogP contribution is 2.28. The summed E-state index contributed by atoms with van der Waals surface area (Å²) in [6, 6.07) is 12.4. The lowest BCUT2D eigenvalue weighted by Gasteiger charge is -2.20. The second-order valence-corrected chi connectivity index (χ2v) is 8.16. The molecule has 0 spiro atoms. The maximum absolute atomic E-state index is 13.7. The number of nitrogens with one attached hydrogen (secondary N) is 1. The first-order valence-corrected chi connectivity index (χ1v) is 9.19. The van der Waals surface area contributed by atoms with Crippen molar-refractivity contribution in [2.45, 2.75) is 39.2 Å². The van der Waals surface area contributed by atoms with Gasteiger partial charge in [0.25, 0.3) is 5.91 Å². The fourth-order valence-corrected chi connectivity index (χ4v) is 3.35. The van der Waals surface area contributed by atoms with Crippen molar-refractivity contribution in [1.82, 2.24) is 4.98 Å². The van der Waals surface area contributed by atoms with E-state index in [4.69, 9.17) is 4.74 Å². The van der Waals surface area contributed by atoms with Gasteiger partial charge in [-0.1, -0.05) is 50.3 Å². The summed E-state index contributed by atoms with van der Waals surface area (Å²) in [7, 11) is 0. The van der Waals surface area contributed by atoms with Gasteiger partial charge < -0.3 is 4.74 Å². The Morgan fingerprint density at radius 2 is 1.88 bits per heavy atom. The van der Waals surface area contributed by atoms with Crippen molar-refractivity contribution in [1.29, 1.82) is 0 Å². The molecule has 1 N–H and O–H groups in total. The molecule has 0 unspecified atom stereocenters. The Bertz CT molecular complexity index is 929. The van der Waals surface area contributed by atoms with Crippen LogP contribution in [0.5, 0.6) is 5.75 Å². The predicted octanol–water partition coefficient (Wildman–Crippen LogP) is 5.14. The number of carbonyl (C=O) groups excluding carboxylic acids is 1. The van der Waals surface area contributed by atoms with Gasteiger partial charge >= 0.3 is 0 Å². The Hall–Kier alpha value is -2.47. The highest BCUT2D eigenvalue weighted by atomic mass is 32.1. The number of rotatable bonds is 4. The summed E-state index contributed by atoms with van der Waals surface area (Å²) >= 11 is 1.23. The van der Waals surface area contributed by atoms with Gasteiger partial charge in [-0.2, -0.15) is 0 Å². The van der Waals surface area contributed by atoms with E-state index >= 15 is 0 Å². The van der Waals surface area contributed by atoms with E-state index in [9.17, 15) is 9.18 Å². The number of amides is 1. The second-order valence-electron chi connectivity index (χ2n) is 7.13. The quantitative estimate of drug-likeness (QED) is 0.690. The first-order chi connectivity index (χ1) is 12.2. The lowest BCUT2D eigenvalue weighted by molar-refractivity contribution is -0.122. The number of ether oxygens (including phenoxy) is 1. The molecule has 1 aromatic heterocycles. The van der Waals surface area contributed by atoms with Crippen molar-refractivity contribution in [3.63, 3.8) is 0 Å². The molecule has 1 atom stereocenters. The number of para-hydroxylation sites is 1. The molecule has 0 saturated carbocycles. The Morgan fingerprint density at radius 3 is 2.50 bits per heavy atom. The van der Waals surface area contributed by atoms with E-state index < -0.39 is 11.9 Å². The van der Waals surface area contributed by atoms with Gasteiger partial charge in [0.05, 0.1) is 4.70 Å². The summed E-state index contributed by atoms with van der Waals surface area (Å²) in [6.07, 6.45) is -0.702. The first kappa shape index (κ1) is 18.3. The van der Waals surface area contributed by atoms with Crippen molar-refractivity contribution in [3.8, 4) is 5.75 Å². The molecule has 1 heterocycles. The Morgan fingerprint density at radius 1 is 1.19 bits per heavy atom. The van der Waals surface area contributed by atoms with Gasteiger partial charge in [-0.3, -0.25) is 10.1 Å². The van der Waals surface area contributed by atoms with Crippen LogP contribution in [0.2, 0.25) is 0 Å². The molecule has 0 saturated heterocycles. The van der Waals surface area contributed by atoms with Crippen LogP contribution in [-0.2, 0) is 10.2 Å². The number of fused-ring (bicyclic) bond motifs is 1. The highest BCUT2D eigenvalue weighted by Gasteiger charge is 2.18. The summed E-state index contributed by atoms with van der Waals surface area (Å²) in [5.74, 6) is -0.108. The van der Waals surface area contributed by atoms with Gasteiger partial charge in [0.2, 0.25) is 0 Å². The minimum atomic E-state index is -0.702. The second kappa shape index (κ2) is 7.03. The fraction of sp³-hybridized carbons (Fsp3) is 0.300. The van der Waals surface area contributed by atoms with Gasteiger partial charge in [0.15, 0.2) is 11.2 Å². The largest absolute Gasteiger partial charge is 0.481 e. The predicted molar refractivity (Wildman–Crippen MR) is 103 cm³/mol. The van der Waals surface area contributed by atoms with Gasteiger partial charge in [0, 0.05) is 0 Å². The van der Waals surface area contributed by atoms with Crippen LogP contribution in [0.25, 0.3) is 10.2 Å². The molecule has 1 amide bonds. The molecule has 26 heavy (non-hydrogen) atoms. The van der Waals surface area contributed by atoms with E-state index in [-0.39, 0.29) is 16.8 Å². The molecule has 4 nitrogen and oxygen atoms in total. The minimum Gasteiger partial charge on any atom is -0.481 e. The Balaban J connectivity index is 1.66. The zero-order valence-electron chi connectivity index (χ0n) is 15.2. The number of thiazole rings is 1. The van der Waals surface area contributed by atoms with E-state index in [1.54, 1.807) is 19.1 Å². The van der Waals surface area contributed by atoms with Gasteiger partial charge in [-0.25, -0.2) is 9.37 Å². The molecule has 0 bridgehead atoms. The topological polar surface area (TPSA) is 51.2 Å². The van der Waals surface area contributed by atoms with Crippen LogP contribution < -0.4 is 10.1 Å². The third-order valence-corrected chi connectivity index (χ3v) is 4.94. The maximum Gasteiger partial charge on any atom is 0.266 e. The lowest BCUT2D eigenvalue weighted by Crippen LogP contribution is -2.30. The summed E-state index contributed by atoms with van der Waals surface area (Å²) in [6.45, 7) is 8.08. The average molecular weight is 372 g/mol. The third-order valence-electron chi connectivity index (χ3n) is 4.00. The molecule has 0 aliphatic heterocycles. The number of aromatic nitrogens is 1. The average Bonchev–Trinajstić information content (AvgIpc) is 2.98. The molecule has 3 rings (SSSR count). The van der Waals surface area contributed by atoms with Crippen LogP contribution in [0.15, 0.2) is 42.5 Å². The third kappa shape index (κ3) is 4.02. The molecular formula is C20H21FN2O2S. The first-order valence-electron chi connectivity index (χ1n) is 8.37. The molecule has 0 radical (unpaired) electrons. The Kier molecular flexibility index (Phi) is 4.96.